The summed E-state index contributed by atoms with van der Waals surface area (Å²) in [5.41, 5.74) is 0.974. The van der Waals surface area contributed by atoms with Crippen LogP contribution in [0.25, 0.3) is 0 Å². The van der Waals surface area contributed by atoms with Crippen LogP contribution in [0.5, 0.6) is 0 Å². The lowest BCUT2D eigenvalue weighted by Crippen LogP contribution is -2.59. The van der Waals surface area contributed by atoms with Crippen LogP contribution in [0.15, 0.2) is 5.38 Å². The maximum absolute atomic E-state index is 12.1. The van der Waals surface area contributed by atoms with Crippen molar-refractivity contribution < 1.29 is 18.3 Å². The van der Waals surface area contributed by atoms with Gasteiger partial charge in [-0.25, -0.2) is 13.4 Å². The topological polar surface area (TPSA) is 90.8 Å². The molecule has 0 aromatic carbocycles. The Morgan fingerprint density at radius 2 is 2.00 bits per heavy atom. The fourth-order valence-electron chi connectivity index (χ4n) is 3.45. The second-order valence-electron chi connectivity index (χ2n) is 6.13. The molecule has 0 bridgehead atoms. The van der Waals surface area contributed by atoms with Gasteiger partial charge in [0.15, 0.2) is 9.84 Å². The van der Waals surface area contributed by atoms with E-state index >= 15 is 0 Å². The number of carboxylic acids is 1. The standard InChI is InChI=1S/C14H21N3O4S2/c1-2-13-15-10(7-22-13)5-16-3-4-17(6-14(18)19)12-9-23(20,21)8-11(12)16/h7,11-12H,2-6,8-9H2,1H3,(H,18,19)/t11-,12+/m0/s1. The molecule has 128 valence electrons. The number of hydrogen-bond donors (Lipinski definition) is 1. The molecule has 7 nitrogen and oxygen atoms in total. The zero-order valence-corrected chi connectivity index (χ0v) is 14.6. The predicted octanol–water partition coefficient (Wildman–Crippen LogP) is 0.0733. The van der Waals surface area contributed by atoms with Crippen LogP contribution in [0.4, 0.5) is 0 Å². The zero-order valence-electron chi connectivity index (χ0n) is 13.0. The van der Waals surface area contributed by atoms with Crippen molar-refractivity contribution in [1.29, 1.82) is 0 Å². The summed E-state index contributed by atoms with van der Waals surface area (Å²) in [5, 5.41) is 12.1. The van der Waals surface area contributed by atoms with Gasteiger partial charge in [-0.05, 0) is 6.42 Å². The third-order valence-corrected chi connectivity index (χ3v) is 7.25. The molecule has 2 saturated heterocycles. The van der Waals surface area contributed by atoms with Crippen molar-refractivity contribution in [2.75, 3.05) is 31.1 Å². The molecule has 0 spiro atoms. The van der Waals surface area contributed by atoms with Crippen molar-refractivity contribution in [1.82, 2.24) is 14.8 Å². The van der Waals surface area contributed by atoms with E-state index in [0.29, 0.717) is 19.6 Å². The highest BCUT2D eigenvalue weighted by atomic mass is 32.2. The highest BCUT2D eigenvalue weighted by molar-refractivity contribution is 7.91. The molecule has 1 N–H and O–H groups in total. The van der Waals surface area contributed by atoms with Crippen LogP contribution >= 0.6 is 11.3 Å². The third kappa shape index (κ3) is 3.73. The third-order valence-electron chi connectivity index (χ3n) is 4.51. The van der Waals surface area contributed by atoms with Gasteiger partial charge >= 0.3 is 5.97 Å². The smallest absolute Gasteiger partial charge is 0.317 e. The average molecular weight is 359 g/mol. The van der Waals surface area contributed by atoms with Gasteiger partial charge in [-0.2, -0.15) is 0 Å². The highest BCUT2D eigenvalue weighted by Crippen LogP contribution is 2.28. The van der Waals surface area contributed by atoms with Gasteiger partial charge < -0.3 is 5.11 Å². The first-order valence-electron chi connectivity index (χ1n) is 7.71. The van der Waals surface area contributed by atoms with Crippen molar-refractivity contribution in [2.45, 2.75) is 32.0 Å². The van der Waals surface area contributed by atoms with Crippen molar-refractivity contribution in [2.24, 2.45) is 0 Å². The largest absolute Gasteiger partial charge is 0.480 e. The number of piperazine rings is 1. The number of aliphatic carboxylic acids is 1. The molecule has 0 aliphatic carbocycles. The Bertz CT molecular complexity index is 688. The number of carbonyl (C=O) groups is 1. The number of aryl methyl sites for hydroxylation is 1. The Labute approximate surface area is 139 Å². The van der Waals surface area contributed by atoms with Crippen LogP contribution in [0.2, 0.25) is 0 Å². The number of sulfone groups is 1. The molecule has 2 aliphatic rings. The quantitative estimate of drug-likeness (QED) is 0.796. The molecule has 2 aliphatic heterocycles. The average Bonchev–Trinajstić information content (AvgIpc) is 3.04. The minimum absolute atomic E-state index is 0.0543. The maximum atomic E-state index is 12.1. The van der Waals surface area contributed by atoms with Crippen LogP contribution in [-0.4, -0.2) is 77.5 Å². The Morgan fingerprint density at radius 1 is 1.35 bits per heavy atom. The molecule has 0 unspecified atom stereocenters. The van der Waals surface area contributed by atoms with E-state index in [-0.39, 0.29) is 30.1 Å². The predicted molar refractivity (Wildman–Crippen MR) is 87.3 cm³/mol. The first-order valence-corrected chi connectivity index (χ1v) is 10.4. The summed E-state index contributed by atoms with van der Waals surface area (Å²) >= 11 is 1.63. The monoisotopic (exact) mass is 359 g/mol. The van der Waals surface area contributed by atoms with Crippen molar-refractivity contribution in [3.63, 3.8) is 0 Å². The van der Waals surface area contributed by atoms with Gasteiger partial charge in [-0.1, -0.05) is 6.92 Å². The van der Waals surface area contributed by atoms with E-state index in [1.54, 1.807) is 16.2 Å². The lowest BCUT2D eigenvalue weighted by molar-refractivity contribution is -0.139. The number of rotatable bonds is 5. The molecule has 2 atom stereocenters. The van der Waals surface area contributed by atoms with Crippen LogP contribution in [0.3, 0.4) is 0 Å². The van der Waals surface area contributed by atoms with E-state index in [4.69, 9.17) is 5.11 Å². The van der Waals surface area contributed by atoms with Gasteiger partial charge in [-0.15, -0.1) is 11.3 Å². The van der Waals surface area contributed by atoms with Crippen molar-refractivity contribution >= 4 is 27.1 Å². The molecule has 0 radical (unpaired) electrons. The van der Waals surface area contributed by atoms with E-state index in [1.165, 1.54) is 0 Å². The summed E-state index contributed by atoms with van der Waals surface area (Å²) in [6.45, 7) is 3.85. The lowest BCUT2D eigenvalue weighted by atomic mass is 10.0. The van der Waals surface area contributed by atoms with Crippen LogP contribution in [-0.2, 0) is 27.6 Å². The highest BCUT2D eigenvalue weighted by Gasteiger charge is 2.46. The van der Waals surface area contributed by atoms with Gasteiger partial charge in [0.25, 0.3) is 0 Å². The Balaban J connectivity index is 1.76. The molecule has 3 rings (SSSR count). The SMILES string of the molecule is CCc1nc(CN2CCN(CC(=O)O)[C@@H]3CS(=O)(=O)C[C@@H]32)cs1. The number of hydrogen-bond acceptors (Lipinski definition) is 7. The van der Waals surface area contributed by atoms with Crippen molar-refractivity contribution in [3.8, 4) is 0 Å². The minimum Gasteiger partial charge on any atom is -0.480 e. The number of thiazole rings is 1. The van der Waals surface area contributed by atoms with Gasteiger partial charge in [0, 0.05) is 37.1 Å². The van der Waals surface area contributed by atoms with Crippen LogP contribution in [0, 0.1) is 0 Å². The van der Waals surface area contributed by atoms with Crippen LogP contribution in [0.1, 0.15) is 17.6 Å². The van der Waals surface area contributed by atoms with Gasteiger partial charge in [0.05, 0.1) is 28.8 Å². The minimum atomic E-state index is -3.12. The van der Waals surface area contributed by atoms with E-state index in [0.717, 1.165) is 17.1 Å². The van der Waals surface area contributed by atoms with Gasteiger partial charge in [0.1, 0.15) is 0 Å². The molecule has 3 heterocycles. The van der Waals surface area contributed by atoms with Crippen LogP contribution < -0.4 is 0 Å². The Hall–Kier alpha value is -1.03. The van der Waals surface area contributed by atoms with Gasteiger partial charge in [-0.3, -0.25) is 14.6 Å². The molecule has 23 heavy (non-hydrogen) atoms. The summed E-state index contributed by atoms with van der Waals surface area (Å²) in [6, 6.07) is -0.367. The first-order chi connectivity index (χ1) is 10.9. The second-order valence-corrected chi connectivity index (χ2v) is 9.23. The summed E-state index contributed by atoms with van der Waals surface area (Å²) in [7, 11) is -3.12. The summed E-state index contributed by atoms with van der Waals surface area (Å²) < 4.78 is 24.1. The molecular formula is C14H21N3O4S2. The van der Waals surface area contributed by atoms with E-state index < -0.39 is 15.8 Å². The van der Waals surface area contributed by atoms with E-state index in [2.05, 4.69) is 16.8 Å². The molecule has 2 fully saturated rings. The molecule has 0 saturated carbocycles. The first kappa shape index (κ1) is 16.8. The molecule has 1 aromatic heterocycles. The molecule has 1 aromatic rings. The number of nitrogens with zero attached hydrogens (tertiary/aromatic N) is 3. The zero-order chi connectivity index (χ0) is 16.6. The molecular weight excluding hydrogens is 338 g/mol. The molecule has 9 heteroatoms. The number of aromatic nitrogens is 1. The van der Waals surface area contributed by atoms with E-state index in [9.17, 15) is 13.2 Å². The Morgan fingerprint density at radius 3 is 2.61 bits per heavy atom. The lowest BCUT2D eigenvalue weighted by Gasteiger charge is -2.43. The summed E-state index contributed by atoms with van der Waals surface area (Å²) in [4.78, 5) is 19.5. The maximum Gasteiger partial charge on any atom is 0.317 e. The number of carboxylic acid groups (broad SMARTS) is 1. The van der Waals surface area contributed by atoms with Crippen molar-refractivity contribution in [3.05, 3.63) is 16.1 Å². The summed E-state index contributed by atoms with van der Waals surface area (Å²) in [6.07, 6.45) is 0.900. The molecule has 0 amide bonds. The van der Waals surface area contributed by atoms with Gasteiger partial charge in [0.2, 0.25) is 0 Å². The normalized spacial score (nSPS) is 27.9. The fraction of sp³-hybridized carbons (Fsp3) is 0.714. The fourth-order valence-corrected chi connectivity index (χ4v) is 6.23. The Kier molecular flexibility index (Phi) is 4.73. The summed E-state index contributed by atoms with van der Waals surface area (Å²) in [5.74, 6) is -0.745. The van der Waals surface area contributed by atoms with E-state index in [1.807, 2.05) is 5.38 Å². The number of fused-ring (bicyclic) bond motifs is 1. The second kappa shape index (κ2) is 6.46.